The second-order valence-electron chi connectivity index (χ2n) is 3.44. The topological polar surface area (TPSA) is 70.8 Å². The molecule has 1 N–H and O–H groups in total. The van der Waals surface area contributed by atoms with Gasteiger partial charge in [0.2, 0.25) is 0 Å². The Morgan fingerprint density at radius 2 is 2.18 bits per heavy atom. The van der Waals surface area contributed by atoms with Gasteiger partial charge >= 0.3 is 5.97 Å². The van der Waals surface area contributed by atoms with Gasteiger partial charge in [-0.05, 0) is 24.8 Å². The number of hydrogen-bond donors (Lipinski definition) is 1. The van der Waals surface area contributed by atoms with E-state index in [1.807, 2.05) is 13.2 Å². The highest BCUT2D eigenvalue weighted by Crippen LogP contribution is 2.19. The zero-order valence-corrected chi connectivity index (χ0v) is 10.6. The van der Waals surface area contributed by atoms with Gasteiger partial charge in [-0.2, -0.15) is 0 Å². The van der Waals surface area contributed by atoms with Crippen molar-refractivity contribution in [3.8, 4) is 0 Å². The van der Waals surface area contributed by atoms with Crippen LogP contribution in [0.5, 0.6) is 0 Å². The molecule has 17 heavy (non-hydrogen) atoms. The molecule has 0 atom stereocenters. The molecular weight excluding hydrogens is 242 g/mol. The summed E-state index contributed by atoms with van der Waals surface area (Å²) >= 11 is 1.39. The van der Waals surface area contributed by atoms with Gasteiger partial charge < -0.3 is 14.4 Å². The SMILES string of the molecule is CCCN(CC(=O)O)C(=O)c1ccc(SC)o1. The summed E-state index contributed by atoms with van der Waals surface area (Å²) in [7, 11) is 0. The summed E-state index contributed by atoms with van der Waals surface area (Å²) in [5.41, 5.74) is 0. The number of rotatable bonds is 6. The molecule has 0 saturated heterocycles. The molecule has 0 radical (unpaired) electrons. The number of carbonyl (C=O) groups is 2. The van der Waals surface area contributed by atoms with Gasteiger partial charge in [0.05, 0.1) is 0 Å². The lowest BCUT2D eigenvalue weighted by Crippen LogP contribution is -2.36. The lowest BCUT2D eigenvalue weighted by Gasteiger charge is -2.18. The zero-order chi connectivity index (χ0) is 12.8. The van der Waals surface area contributed by atoms with Crippen LogP contribution in [0.2, 0.25) is 0 Å². The molecule has 0 fully saturated rings. The lowest BCUT2D eigenvalue weighted by atomic mass is 10.3. The molecular formula is C11H15NO4S. The molecule has 0 aliphatic heterocycles. The van der Waals surface area contributed by atoms with Crippen molar-refractivity contribution in [2.24, 2.45) is 0 Å². The molecule has 0 bridgehead atoms. The summed E-state index contributed by atoms with van der Waals surface area (Å²) in [6.07, 6.45) is 2.54. The molecule has 0 unspecified atom stereocenters. The van der Waals surface area contributed by atoms with Crippen LogP contribution in [0, 0.1) is 0 Å². The fourth-order valence-corrected chi connectivity index (χ4v) is 1.76. The van der Waals surface area contributed by atoms with E-state index < -0.39 is 5.97 Å². The Balaban J connectivity index is 2.79. The monoisotopic (exact) mass is 257 g/mol. The summed E-state index contributed by atoms with van der Waals surface area (Å²) in [5.74, 6) is -1.22. The van der Waals surface area contributed by atoms with E-state index >= 15 is 0 Å². The second kappa shape index (κ2) is 6.34. The third-order valence-electron chi connectivity index (χ3n) is 2.10. The van der Waals surface area contributed by atoms with Crippen LogP contribution in [0.25, 0.3) is 0 Å². The van der Waals surface area contributed by atoms with Gasteiger partial charge in [0.1, 0.15) is 6.54 Å². The summed E-state index contributed by atoms with van der Waals surface area (Å²) < 4.78 is 5.28. The zero-order valence-electron chi connectivity index (χ0n) is 9.80. The Hall–Kier alpha value is -1.43. The van der Waals surface area contributed by atoms with E-state index in [4.69, 9.17) is 9.52 Å². The largest absolute Gasteiger partial charge is 0.480 e. The molecule has 1 amide bonds. The molecule has 0 aliphatic carbocycles. The molecule has 94 valence electrons. The first-order chi connectivity index (χ1) is 8.08. The summed E-state index contributed by atoms with van der Waals surface area (Å²) in [4.78, 5) is 23.9. The number of furan rings is 1. The van der Waals surface area contributed by atoms with Crippen LogP contribution < -0.4 is 0 Å². The first-order valence-electron chi connectivity index (χ1n) is 5.23. The second-order valence-corrected chi connectivity index (χ2v) is 4.25. The number of carboxylic acids is 1. The Bertz CT molecular complexity index is 402. The van der Waals surface area contributed by atoms with E-state index in [0.717, 1.165) is 0 Å². The Labute approximate surface area is 104 Å². The van der Waals surface area contributed by atoms with Crippen LogP contribution in [0.1, 0.15) is 23.9 Å². The highest BCUT2D eigenvalue weighted by molar-refractivity contribution is 7.98. The Morgan fingerprint density at radius 1 is 1.47 bits per heavy atom. The standard InChI is InChI=1S/C11H15NO4S/c1-3-6-12(7-9(13)14)11(15)8-4-5-10(16-8)17-2/h4-5H,3,6-7H2,1-2H3,(H,13,14). The number of hydrogen-bond acceptors (Lipinski definition) is 4. The van der Waals surface area contributed by atoms with Gasteiger partial charge in [-0.3, -0.25) is 9.59 Å². The molecule has 0 aliphatic rings. The number of aliphatic carboxylic acids is 1. The van der Waals surface area contributed by atoms with Gasteiger partial charge in [-0.25, -0.2) is 0 Å². The summed E-state index contributed by atoms with van der Waals surface area (Å²) in [5, 5.41) is 9.37. The fourth-order valence-electron chi connectivity index (χ4n) is 1.39. The van der Waals surface area contributed by atoms with E-state index in [1.54, 1.807) is 12.1 Å². The molecule has 0 aromatic carbocycles. The average Bonchev–Trinajstić information content (AvgIpc) is 2.75. The van der Waals surface area contributed by atoms with Crippen molar-refractivity contribution < 1.29 is 19.1 Å². The Morgan fingerprint density at radius 3 is 2.65 bits per heavy atom. The van der Waals surface area contributed by atoms with Crippen molar-refractivity contribution in [2.45, 2.75) is 18.4 Å². The minimum absolute atomic E-state index is 0.184. The number of nitrogens with zero attached hydrogens (tertiary/aromatic N) is 1. The van der Waals surface area contributed by atoms with Crippen molar-refractivity contribution >= 4 is 23.6 Å². The number of carbonyl (C=O) groups excluding carboxylic acids is 1. The van der Waals surface area contributed by atoms with Crippen LogP contribution in [0.3, 0.4) is 0 Å². The molecule has 1 aromatic heterocycles. The minimum atomic E-state index is -1.02. The van der Waals surface area contributed by atoms with E-state index in [-0.39, 0.29) is 18.2 Å². The van der Waals surface area contributed by atoms with E-state index in [1.165, 1.54) is 16.7 Å². The van der Waals surface area contributed by atoms with Crippen molar-refractivity contribution in [3.05, 3.63) is 17.9 Å². The summed E-state index contributed by atoms with van der Waals surface area (Å²) in [6.45, 7) is 1.99. The fraction of sp³-hybridized carbons (Fsp3) is 0.455. The molecule has 0 spiro atoms. The normalized spacial score (nSPS) is 10.2. The number of thioether (sulfide) groups is 1. The smallest absolute Gasteiger partial charge is 0.323 e. The van der Waals surface area contributed by atoms with E-state index in [0.29, 0.717) is 18.1 Å². The van der Waals surface area contributed by atoms with Crippen LogP contribution in [-0.2, 0) is 4.79 Å². The van der Waals surface area contributed by atoms with Gasteiger partial charge in [0.25, 0.3) is 5.91 Å². The van der Waals surface area contributed by atoms with Gasteiger partial charge in [0, 0.05) is 6.54 Å². The molecule has 1 rings (SSSR count). The Kier molecular flexibility index (Phi) is 5.09. The van der Waals surface area contributed by atoms with Crippen molar-refractivity contribution in [2.75, 3.05) is 19.3 Å². The van der Waals surface area contributed by atoms with Crippen molar-refractivity contribution in [1.29, 1.82) is 0 Å². The van der Waals surface area contributed by atoms with Crippen molar-refractivity contribution in [3.63, 3.8) is 0 Å². The molecule has 5 nitrogen and oxygen atoms in total. The molecule has 1 heterocycles. The van der Waals surface area contributed by atoms with Gasteiger partial charge in [0.15, 0.2) is 10.9 Å². The van der Waals surface area contributed by atoms with Gasteiger partial charge in [-0.1, -0.05) is 18.7 Å². The highest BCUT2D eigenvalue weighted by Gasteiger charge is 2.20. The average molecular weight is 257 g/mol. The molecule has 0 saturated carbocycles. The maximum Gasteiger partial charge on any atom is 0.323 e. The summed E-state index contributed by atoms with van der Waals surface area (Å²) in [6, 6.07) is 3.27. The van der Waals surface area contributed by atoms with E-state index in [9.17, 15) is 9.59 Å². The highest BCUT2D eigenvalue weighted by atomic mass is 32.2. The predicted octanol–water partition coefficient (Wildman–Crippen LogP) is 1.94. The third kappa shape index (κ3) is 3.81. The van der Waals surface area contributed by atoms with Crippen LogP contribution in [0.4, 0.5) is 0 Å². The minimum Gasteiger partial charge on any atom is -0.480 e. The first-order valence-corrected chi connectivity index (χ1v) is 6.45. The van der Waals surface area contributed by atoms with Crippen LogP contribution in [0.15, 0.2) is 21.6 Å². The third-order valence-corrected chi connectivity index (χ3v) is 2.72. The van der Waals surface area contributed by atoms with Gasteiger partial charge in [-0.15, -0.1) is 0 Å². The van der Waals surface area contributed by atoms with Crippen molar-refractivity contribution in [1.82, 2.24) is 4.90 Å². The number of amides is 1. The van der Waals surface area contributed by atoms with Crippen LogP contribution >= 0.6 is 11.8 Å². The lowest BCUT2D eigenvalue weighted by molar-refractivity contribution is -0.137. The number of carboxylic acid groups (broad SMARTS) is 1. The van der Waals surface area contributed by atoms with Crippen LogP contribution in [-0.4, -0.2) is 41.2 Å². The quantitative estimate of drug-likeness (QED) is 0.788. The first kappa shape index (κ1) is 13.6. The maximum atomic E-state index is 12.0. The molecule has 1 aromatic rings. The van der Waals surface area contributed by atoms with E-state index in [2.05, 4.69) is 0 Å². The predicted molar refractivity (Wildman–Crippen MR) is 64.3 cm³/mol. The maximum absolute atomic E-state index is 12.0. The molecule has 6 heteroatoms.